The summed E-state index contributed by atoms with van der Waals surface area (Å²) in [5, 5.41) is 2.13. The molecular formula is C7H14N2O2. The summed E-state index contributed by atoms with van der Waals surface area (Å²) in [6, 6.07) is -0.484. The Hall–Kier alpha value is -0.900. The van der Waals surface area contributed by atoms with Gasteiger partial charge in [0.1, 0.15) is 0 Å². The fourth-order valence-electron chi connectivity index (χ4n) is 0.710. The van der Waals surface area contributed by atoms with Gasteiger partial charge in [-0.25, -0.2) is 0 Å². The Balaban J connectivity index is 0.000000461. The first-order valence-corrected chi connectivity index (χ1v) is 3.79. The topological polar surface area (TPSA) is 72.2 Å². The Bertz CT molecular complexity index is 157. The van der Waals surface area contributed by atoms with Crippen molar-refractivity contribution in [2.75, 3.05) is 0 Å². The number of imide groups is 1. The first-order valence-electron chi connectivity index (χ1n) is 3.79. The molecule has 2 amide bonds. The summed E-state index contributed by atoms with van der Waals surface area (Å²) >= 11 is 0. The minimum atomic E-state index is -0.484. The van der Waals surface area contributed by atoms with Crippen LogP contribution in [-0.2, 0) is 9.59 Å². The highest BCUT2D eigenvalue weighted by atomic mass is 16.2. The van der Waals surface area contributed by atoms with E-state index in [2.05, 4.69) is 5.32 Å². The molecule has 0 bridgehead atoms. The van der Waals surface area contributed by atoms with E-state index in [0.717, 1.165) is 0 Å². The molecule has 0 spiro atoms. The molecule has 0 aromatic rings. The van der Waals surface area contributed by atoms with Crippen LogP contribution in [0.5, 0.6) is 0 Å². The fraction of sp³-hybridized carbons (Fsp3) is 0.714. The maximum absolute atomic E-state index is 10.5. The summed E-state index contributed by atoms with van der Waals surface area (Å²) in [6.07, 6.45) is 0.845. The van der Waals surface area contributed by atoms with Crippen LogP contribution in [0.15, 0.2) is 0 Å². The van der Waals surface area contributed by atoms with Crippen LogP contribution in [0.1, 0.15) is 26.7 Å². The Morgan fingerprint density at radius 2 is 2.00 bits per heavy atom. The summed E-state index contributed by atoms with van der Waals surface area (Å²) in [7, 11) is 0. The van der Waals surface area contributed by atoms with E-state index in [1.54, 1.807) is 0 Å². The average molecular weight is 158 g/mol. The van der Waals surface area contributed by atoms with Crippen LogP contribution in [0.4, 0.5) is 0 Å². The Morgan fingerprint density at radius 1 is 1.45 bits per heavy atom. The molecule has 1 saturated heterocycles. The lowest BCUT2D eigenvalue weighted by Crippen LogP contribution is -2.48. The summed E-state index contributed by atoms with van der Waals surface area (Å²) in [4.78, 5) is 21.0. The van der Waals surface area contributed by atoms with E-state index < -0.39 is 6.04 Å². The molecule has 4 nitrogen and oxygen atoms in total. The van der Waals surface area contributed by atoms with E-state index in [1.165, 1.54) is 0 Å². The second kappa shape index (κ2) is 4.85. The SMILES string of the molecule is CC.NC1CCC(=O)NC1=O. The van der Waals surface area contributed by atoms with Gasteiger partial charge in [0.05, 0.1) is 6.04 Å². The largest absolute Gasteiger partial charge is 0.320 e. The molecule has 0 saturated carbocycles. The Kier molecular flexibility index (Phi) is 4.45. The smallest absolute Gasteiger partial charge is 0.243 e. The summed E-state index contributed by atoms with van der Waals surface area (Å²) < 4.78 is 0. The minimum absolute atomic E-state index is 0.221. The first kappa shape index (κ1) is 10.1. The van der Waals surface area contributed by atoms with Crippen molar-refractivity contribution < 1.29 is 9.59 Å². The lowest BCUT2D eigenvalue weighted by Gasteiger charge is -2.15. The third kappa shape index (κ3) is 3.13. The highest BCUT2D eigenvalue weighted by molar-refractivity contribution is 6.00. The number of hydrogen-bond donors (Lipinski definition) is 2. The molecule has 64 valence electrons. The average Bonchev–Trinajstić information content (AvgIpc) is 2.02. The molecule has 0 aromatic heterocycles. The molecule has 1 aliphatic rings. The molecule has 1 fully saturated rings. The molecule has 0 radical (unpaired) electrons. The number of rotatable bonds is 0. The van der Waals surface area contributed by atoms with Gasteiger partial charge in [0.25, 0.3) is 0 Å². The number of carbonyl (C=O) groups is 2. The molecule has 1 unspecified atom stereocenters. The van der Waals surface area contributed by atoms with Crippen LogP contribution in [-0.4, -0.2) is 17.9 Å². The van der Waals surface area contributed by atoms with Crippen molar-refractivity contribution >= 4 is 11.8 Å². The van der Waals surface area contributed by atoms with E-state index in [0.29, 0.717) is 12.8 Å². The highest BCUT2D eigenvalue weighted by Crippen LogP contribution is 2.00. The van der Waals surface area contributed by atoms with Crippen LogP contribution >= 0.6 is 0 Å². The number of amides is 2. The maximum atomic E-state index is 10.5. The molecule has 1 atom stereocenters. The predicted octanol–water partition coefficient (Wildman–Crippen LogP) is -0.223. The number of hydrogen-bond acceptors (Lipinski definition) is 3. The lowest BCUT2D eigenvalue weighted by atomic mass is 10.1. The second-order valence-corrected chi connectivity index (χ2v) is 2.06. The monoisotopic (exact) mass is 158 g/mol. The number of nitrogens with one attached hydrogen (secondary N) is 1. The molecule has 1 rings (SSSR count). The van der Waals surface area contributed by atoms with Gasteiger partial charge >= 0.3 is 0 Å². The summed E-state index contributed by atoms with van der Waals surface area (Å²) in [5.41, 5.74) is 5.28. The Labute approximate surface area is 66.1 Å². The van der Waals surface area contributed by atoms with Gasteiger partial charge in [-0.15, -0.1) is 0 Å². The fourth-order valence-corrected chi connectivity index (χ4v) is 0.710. The molecule has 0 aliphatic carbocycles. The summed E-state index contributed by atoms with van der Waals surface area (Å²) in [5.74, 6) is -0.576. The van der Waals surface area contributed by atoms with E-state index in [9.17, 15) is 9.59 Å². The standard InChI is InChI=1S/C5H8N2O2.C2H6/c6-3-1-2-4(8)7-5(3)9;1-2/h3H,1-2,6H2,(H,7,8,9);1-2H3. The van der Waals surface area contributed by atoms with E-state index in [1.807, 2.05) is 13.8 Å². The van der Waals surface area contributed by atoms with Crippen LogP contribution in [0, 0.1) is 0 Å². The van der Waals surface area contributed by atoms with E-state index in [4.69, 9.17) is 5.73 Å². The van der Waals surface area contributed by atoms with E-state index in [-0.39, 0.29) is 11.8 Å². The quantitative estimate of drug-likeness (QED) is 0.478. The molecule has 1 aliphatic heterocycles. The Morgan fingerprint density at radius 3 is 2.36 bits per heavy atom. The maximum Gasteiger partial charge on any atom is 0.243 e. The zero-order valence-corrected chi connectivity index (χ0v) is 6.89. The molecular weight excluding hydrogens is 144 g/mol. The van der Waals surface area contributed by atoms with Gasteiger partial charge in [-0.1, -0.05) is 13.8 Å². The minimum Gasteiger partial charge on any atom is -0.320 e. The van der Waals surface area contributed by atoms with Crippen LogP contribution in [0.3, 0.4) is 0 Å². The zero-order chi connectivity index (χ0) is 8.85. The van der Waals surface area contributed by atoms with Crippen molar-refractivity contribution in [3.8, 4) is 0 Å². The van der Waals surface area contributed by atoms with Crippen LogP contribution < -0.4 is 11.1 Å². The second-order valence-electron chi connectivity index (χ2n) is 2.06. The number of nitrogens with two attached hydrogens (primary N) is 1. The third-order valence-corrected chi connectivity index (χ3v) is 1.28. The predicted molar refractivity (Wildman–Crippen MR) is 41.7 cm³/mol. The van der Waals surface area contributed by atoms with Gasteiger partial charge < -0.3 is 5.73 Å². The van der Waals surface area contributed by atoms with Crippen LogP contribution in [0.2, 0.25) is 0 Å². The zero-order valence-electron chi connectivity index (χ0n) is 6.89. The van der Waals surface area contributed by atoms with Gasteiger partial charge in [0, 0.05) is 6.42 Å². The molecule has 0 aromatic carbocycles. The van der Waals surface area contributed by atoms with Crippen molar-refractivity contribution in [2.24, 2.45) is 5.73 Å². The summed E-state index contributed by atoms with van der Waals surface area (Å²) in [6.45, 7) is 4.00. The third-order valence-electron chi connectivity index (χ3n) is 1.28. The van der Waals surface area contributed by atoms with Crippen molar-refractivity contribution in [1.29, 1.82) is 0 Å². The first-order chi connectivity index (χ1) is 5.20. The van der Waals surface area contributed by atoms with Crippen LogP contribution in [0.25, 0.3) is 0 Å². The van der Waals surface area contributed by atoms with Gasteiger partial charge in [-0.2, -0.15) is 0 Å². The number of carbonyl (C=O) groups excluding carboxylic acids is 2. The highest BCUT2D eigenvalue weighted by Gasteiger charge is 2.22. The normalized spacial score (nSPS) is 23.4. The molecule has 11 heavy (non-hydrogen) atoms. The molecule has 4 heteroatoms. The van der Waals surface area contributed by atoms with Gasteiger partial charge in [-0.05, 0) is 6.42 Å². The van der Waals surface area contributed by atoms with Gasteiger partial charge in [-0.3, -0.25) is 14.9 Å². The van der Waals surface area contributed by atoms with Crippen molar-refractivity contribution in [3.05, 3.63) is 0 Å². The van der Waals surface area contributed by atoms with Crippen molar-refractivity contribution in [1.82, 2.24) is 5.32 Å². The van der Waals surface area contributed by atoms with Gasteiger partial charge in [0.15, 0.2) is 0 Å². The molecule has 1 heterocycles. The lowest BCUT2D eigenvalue weighted by molar-refractivity contribution is -0.134. The van der Waals surface area contributed by atoms with Crippen molar-refractivity contribution in [2.45, 2.75) is 32.7 Å². The van der Waals surface area contributed by atoms with Crippen molar-refractivity contribution in [3.63, 3.8) is 0 Å². The van der Waals surface area contributed by atoms with E-state index >= 15 is 0 Å². The molecule has 3 N–H and O–H groups in total. The van der Waals surface area contributed by atoms with Gasteiger partial charge in [0.2, 0.25) is 11.8 Å². The number of piperidine rings is 1.